The van der Waals surface area contributed by atoms with Crippen LogP contribution >= 0.6 is 0 Å². The molecule has 0 spiro atoms. The molecule has 2 heterocycles. The Bertz CT molecular complexity index is 995. The zero-order valence-corrected chi connectivity index (χ0v) is 15.8. The summed E-state index contributed by atoms with van der Waals surface area (Å²) in [7, 11) is 4.38. The van der Waals surface area contributed by atoms with Crippen molar-refractivity contribution in [2.24, 2.45) is 7.05 Å². The number of benzene rings is 2. The van der Waals surface area contributed by atoms with Crippen LogP contribution in [-0.4, -0.2) is 23.1 Å². The molecule has 0 bridgehead atoms. The van der Waals surface area contributed by atoms with Crippen LogP contribution in [0.2, 0.25) is 0 Å². The van der Waals surface area contributed by atoms with Gasteiger partial charge in [-0.15, -0.1) is 0 Å². The molecule has 0 amide bonds. The van der Waals surface area contributed by atoms with Gasteiger partial charge in [0.2, 0.25) is 0 Å². The van der Waals surface area contributed by atoms with Crippen LogP contribution in [-0.2, 0) is 26.4 Å². The molecule has 1 aliphatic rings. The Kier molecular flexibility index (Phi) is 4.20. The van der Waals surface area contributed by atoms with Crippen molar-refractivity contribution in [3.63, 3.8) is 0 Å². The van der Waals surface area contributed by atoms with Gasteiger partial charge in [-0.2, -0.15) is 0 Å². The molecule has 134 valence electrons. The van der Waals surface area contributed by atoms with E-state index in [1.807, 2.05) is 12.1 Å². The lowest BCUT2D eigenvalue weighted by Gasteiger charge is -2.23. The van der Waals surface area contributed by atoms with Gasteiger partial charge in [0.25, 0.3) is 0 Å². The fraction of sp³-hybridized carbons (Fsp3) is 0.304. The number of hydrogen-bond donors (Lipinski definition) is 0. The van der Waals surface area contributed by atoms with E-state index in [1.165, 1.54) is 45.4 Å². The van der Waals surface area contributed by atoms with Gasteiger partial charge in [-0.25, -0.2) is 4.39 Å². The van der Waals surface area contributed by atoms with E-state index in [1.54, 1.807) is 0 Å². The summed E-state index contributed by atoms with van der Waals surface area (Å²) < 4.78 is 15.6. The van der Waals surface area contributed by atoms with Crippen LogP contribution in [0.1, 0.15) is 27.9 Å². The van der Waals surface area contributed by atoms with Crippen molar-refractivity contribution < 1.29 is 4.39 Å². The van der Waals surface area contributed by atoms with Crippen LogP contribution < -0.4 is 0 Å². The number of aryl methyl sites for hydroxylation is 2. The number of nitrogens with zero attached hydrogens (tertiary/aromatic N) is 2. The second-order valence-corrected chi connectivity index (χ2v) is 7.58. The van der Waals surface area contributed by atoms with E-state index in [0.717, 1.165) is 37.1 Å². The minimum absolute atomic E-state index is 0.210. The maximum Gasteiger partial charge on any atom is 0.123 e. The quantitative estimate of drug-likeness (QED) is 0.655. The summed E-state index contributed by atoms with van der Waals surface area (Å²) in [4.78, 5) is 2.39. The fourth-order valence-electron chi connectivity index (χ4n) is 4.27. The van der Waals surface area contributed by atoms with Gasteiger partial charge in [-0.1, -0.05) is 30.3 Å². The lowest BCUT2D eigenvalue weighted by Crippen LogP contribution is -2.26. The molecule has 1 aromatic heterocycles. The van der Waals surface area contributed by atoms with Crippen molar-refractivity contribution in [3.05, 3.63) is 76.7 Å². The highest BCUT2D eigenvalue weighted by atomic mass is 19.1. The lowest BCUT2D eigenvalue weighted by atomic mass is 9.95. The highest BCUT2D eigenvalue weighted by Gasteiger charge is 2.22. The highest BCUT2D eigenvalue weighted by molar-refractivity contribution is 5.90. The van der Waals surface area contributed by atoms with Gasteiger partial charge in [-0.3, -0.25) is 0 Å². The van der Waals surface area contributed by atoms with Gasteiger partial charge in [0.05, 0.1) is 5.52 Å². The van der Waals surface area contributed by atoms with Gasteiger partial charge in [-0.05, 0) is 60.9 Å². The Balaban J connectivity index is 1.80. The number of likely N-dealkylation sites (N-methyl/N-ethyl adjacent to an activating group) is 1. The second kappa shape index (κ2) is 6.40. The molecular formula is C23H25FN2. The molecule has 0 saturated carbocycles. The maximum absolute atomic E-state index is 13.2. The zero-order valence-electron chi connectivity index (χ0n) is 15.8. The van der Waals surface area contributed by atoms with E-state index in [-0.39, 0.29) is 5.82 Å². The molecule has 26 heavy (non-hydrogen) atoms. The predicted molar refractivity (Wildman–Crippen MR) is 107 cm³/mol. The summed E-state index contributed by atoms with van der Waals surface area (Å²) in [5, 5.41) is 1.37. The molecular weight excluding hydrogens is 323 g/mol. The Labute approximate surface area is 154 Å². The molecule has 0 saturated heterocycles. The van der Waals surface area contributed by atoms with Crippen LogP contribution in [0.4, 0.5) is 4.39 Å². The molecule has 1 aliphatic heterocycles. The first kappa shape index (κ1) is 17.0. The minimum Gasteiger partial charge on any atom is -0.347 e. The molecule has 3 aromatic rings. The van der Waals surface area contributed by atoms with Crippen molar-refractivity contribution in [3.8, 4) is 0 Å². The maximum atomic E-state index is 13.2. The molecule has 0 aliphatic carbocycles. The zero-order chi connectivity index (χ0) is 18.4. The second-order valence-electron chi connectivity index (χ2n) is 7.58. The van der Waals surface area contributed by atoms with Crippen LogP contribution in [0.15, 0.2) is 43.0 Å². The first-order chi connectivity index (χ1) is 12.4. The minimum atomic E-state index is -0.210. The third-order valence-corrected chi connectivity index (χ3v) is 5.56. The third kappa shape index (κ3) is 2.86. The van der Waals surface area contributed by atoms with Crippen molar-refractivity contribution in [2.75, 3.05) is 13.6 Å². The molecule has 0 unspecified atom stereocenters. The third-order valence-electron chi connectivity index (χ3n) is 5.56. The summed E-state index contributed by atoms with van der Waals surface area (Å²) in [5.41, 5.74) is 8.84. The first-order valence-corrected chi connectivity index (χ1v) is 9.16. The topological polar surface area (TPSA) is 8.17 Å². The normalized spacial score (nSPS) is 14.6. The molecule has 3 heteroatoms. The number of hydrogen-bond acceptors (Lipinski definition) is 1. The Morgan fingerprint density at radius 3 is 2.62 bits per heavy atom. The van der Waals surface area contributed by atoms with Crippen LogP contribution in [0.5, 0.6) is 0 Å². The van der Waals surface area contributed by atoms with Crippen molar-refractivity contribution in [1.82, 2.24) is 9.47 Å². The average molecular weight is 348 g/mol. The Morgan fingerprint density at radius 2 is 1.88 bits per heavy atom. The van der Waals surface area contributed by atoms with Gasteiger partial charge in [0.15, 0.2) is 0 Å². The van der Waals surface area contributed by atoms with Crippen molar-refractivity contribution in [2.45, 2.75) is 26.3 Å². The lowest BCUT2D eigenvalue weighted by molar-refractivity contribution is 0.310. The van der Waals surface area contributed by atoms with E-state index < -0.39 is 0 Å². The summed E-state index contributed by atoms with van der Waals surface area (Å²) in [6, 6.07) is 11.2. The molecule has 2 aromatic carbocycles. The van der Waals surface area contributed by atoms with Crippen LogP contribution in [0, 0.1) is 12.7 Å². The summed E-state index contributed by atoms with van der Waals surface area (Å²) in [6.45, 7) is 8.55. The van der Waals surface area contributed by atoms with Gasteiger partial charge < -0.3 is 9.47 Å². The first-order valence-electron chi connectivity index (χ1n) is 9.16. The standard InChI is InChI=1S/C23H25FN2/c1-15-11-18(13-16(2)17-5-7-19(24)8-6-17)23-20(12-15)21-14-25(3)10-9-22(21)26(23)4/h5-8,11-12H,2,9-10,13-14H2,1,3-4H3. The van der Waals surface area contributed by atoms with Crippen molar-refractivity contribution >= 4 is 16.5 Å². The number of halogens is 1. The van der Waals surface area contributed by atoms with E-state index >= 15 is 0 Å². The van der Waals surface area contributed by atoms with Crippen LogP contribution in [0.3, 0.4) is 0 Å². The molecule has 0 atom stereocenters. The Morgan fingerprint density at radius 1 is 1.15 bits per heavy atom. The smallest absolute Gasteiger partial charge is 0.123 e. The number of rotatable bonds is 3. The van der Waals surface area contributed by atoms with Crippen molar-refractivity contribution in [1.29, 1.82) is 0 Å². The van der Waals surface area contributed by atoms with E-state index in [9.17, 15) is 4.39 Å². The number of allylic oxidation sites excluding steroid dienone is 1. The summed E-state index contributed by atoms with van der Waals surface area (Å²) in [6.07, 6.45) is 1.87. The average Bonchev–Trinajstić information content (AvgIpc) is 2.87. The number of aromatic nitrogens is 1. The predicted octanol–water partition coefficient (Wildman–Crippen LogP) is 4.87. The largest absolute Gasteiger partial charge is 0.347 e. The molecule has 2 nitrogen and oxygen atoms in total. The fourth-order valence-corrected chi connectivity index (χ4v) is 4.27. The van der Waals surface area contributed by atoms with E-state index in [0.29, 0.717) is 0 Å². The van der Waals surface area contributed by atoms with E-state index in [2.05, 4.69) is 49.2 Å². The van der Waals surface area contributed by atoms with Gasteiger partial charge >= 0.3 is 0 Å². The van der Waals surface area contributed by atoms with E-state index in [4.69, 9.17) is 0 Å². The monoisotopic (exact) mass is 348 g/mol. The van der Waals surface area contributed by atoms with Gasteiger partial charge in [0.1, 0.15) is 5.82 Å². The summed E-state index contributed by atoms with van der Waals surface area (Å²) in [5.74, 6) is -0.210. The Hall–Kier alpha value is -2.39. The number of fused-ring (bicyclic) bond motifs is 3. The summed E-state index contributed by atoms with van der Waals surface area (Å²) >= 11 is 0. The molecule has 4 rings (SSSR count). The molecule has 0 fully saturated rings. The molecule has 0 N–H and O–H groups in total. The highest BCUT2D eigenvalue weighted by Crippen LogP contribution is 2.34. The van der Waals surface area contributed by atoms with Crippen LogP contribution in [0.25, 0.3) is 16.5 Å². The van der Waals surface area contributed by atoms with Gasteiger partial charge in [0, 0.05) is 37.6 Å². The SMILES string of the molecule is C=C(Cc1cc(C)cc2c3c(n(C)c12)CCN(C)C3)c1ccc(F)cc1. The molecule has 0 radical (unpaired) electrons.